The monoisotopic (exact) mass is 447 g/mol. The third-order valence-electron chi connectivity index (χ3n) is 6.99. The number of hydrogen-bond acceptors (Lipinski definition) is 5. The Bertz CT molecular complexity index is 1100. The number of anilines is 1. The summed E-state index contributed by atoms with van der Waals surface area (Å²) in [6.45, 7) is 9.31. The predicted molar refractivity (Wildman–Crippen MR) is 130 cm³/mol. The van der Waals surface area contributed by atoms with E-state index in [2.05, 4.69) is 22.0 Å². The molecule has 2 aliphatic heterocycles. The smallest absolute Gasteiger partial charge is 0.410 e. The van der Waals surface area contributed by atoms with Crippen molar-refractivity contribution in [1.82, 2.24) is 19.9 Å². The second kappa shape index (κ2) is 8.36. The second-order valence-electron chi connectivity index (χ2n) is 10.4. The lowest BCUT2D eigenvalue weighted by Crippen LogP contribution is -2.49. The maximum Gasteiger partial charge on any atom is 0.410 e. The summed E-state index contributed by atoms with van der Waals surface area (Å²) >= 11 is 0. The zero-order chi connectivity index (χ0) is 23.1. The first-order valence-electron chi connectivity index (χ1n) is 12.0. The minimum absolute atomic E-state index is 0.179. The summed E-state index contributed by atoms with van der Waals surface area (Å²) in [5.74, 6) is 1.81. The molecule has 2 aromatic heterocycles. The third kappa shape index (κ3) is 4.68. The number of aromatic nitrogens is 3. The van der Waals surface area contributed by atoms with Crippen molar-refractivity contribution >= 4 is 22.9 Å². The molecule has 0 bridgehead atoms. The van der Waals surface area contributed by atoms with Gasteiger partial charge in [0, 0.05) is 26.2 Å². The molecule has 3 aromatic rings. The number of hydrogen-bond donors (Lipinski definition) is 1. The molecule has 5 rings (SSSR count). The van der Waals surface area contributed by atoms with Crippen LogP contribution in [0.15, 0.2) is 42.5 Å². The Morgan fingerprint density at radius 3 is 2.33 bits per heavy atom. The van der Waals surface area contributed by atoms with E-state index in [0.717, 1.165) is 80.2 Å². The number of carbonyl (C=O) groups is 1. The summed E-state index contributed by atoms with van der Waals surface area (Å²) in [6, 6.07) is 14.2. The van der Waals surface area contributed by atoms with Crippen molar-refractivity contribution in [3.05, 3.63) is 42.5 Å². The average molecular weight is 448 g/mol. The number of likely N-dealkylation sites (tertiary alicyclic amines) is 1. The Morgan fingerprint density at radius 2 is 1.64 bits per heavy atom. The fourth-order valence-corrected chi connectivity index (χ4v) is 5.01. The Balaban J connectivity index is 1.21. The minimum Gasteiger partial charge on any atom is -0.444 e. The van der Waals surface area contributed by atoms with E-state index in [0.29, 0.717) is 5.41 Å². The van der Waals surface area contributed by atoms with Crippen molar-refractivity contribution in [1.29, 1.82) is 0 Å². The number of ether oxygens (including phenoxy) is 1. The van der Waals surface area contributed by atoms with Crippen molar-refractivity contribution in [3.8, 4) is 11.5 Å². The Kier molecular flexibility index (Phi) is 5.51. The number of aromatic amines is 1. The van der Waals surface area contributed by atoms with Gasteiger partial charge in [-0.2, -0.15) is 0 Å². The van der Waals surface area contributed by atoms with E-state index in [1.807, 2.05) is 56.0 Å². The standard InChI is InChI=1S/C26H33N5O2/c1-25(2,3)33-24(32)31-17-13-26(14-18-31)11-15-30(16-12-26)22-10-6-9-21(27-22)23-28-19-7-4-5-8-20(19)29-23/h4-10H,11-18H2,1-3H3,(H,28,29). The zero-order valence-corrected chi connectivity index (χ0v) is 19.8. The number of fused-ring (bicyclic) bond motifs is 1. The largest absolute Gasteiger partial charge is 0.444 e. The molecular formula is C26H33N5O2. The van der Waals surface area contributed by atoms with E-state index in [-0.39, 0.29) is 6.09 Å². The van der Waals surface area contributed by atoms with Crippen molar-refractivity contribution < 1.29 is 9.53 Å². The predicted octanol–water partition coefficient (Wildman–Crippen LogP) is 5.24. The van der Waals surface area contributed by atoms with Crippen LogP contribution in [0.25, 0.3) is 22.6 Å². The van der Waals surface area contributed by atoms with Crippen LogP contribution in [0.5, 0.6) is 0 Å². The zero-order valence-electron chi connectivity index (χ0n) is 19.8. The SMILES string of the molecule is CC(C)(C)OC(=O)N1CCC2(CC1)CCN(c1cccc(-c3nc4ccccc4[nH]3)n1)CC2. The maximum atomic E-state index is 12.4. The maximum absolute atomic E-state index is 12.4. The minimum atomic E-state index is -0.443. The molecule has 174 valence electrons. The first-order valence-corrected chi connectivity index (χ1v) is 12.0. The highest BCUT2D eigenvalue weighted by atomic mass is 16.6. The molecule has 1 aromatic carbocycles. The number of H-pyrrole nitrogens is 1. The van der Waals surface area contributed by atoms with E-state index in [4.69, 9.17) is 14.7 Å². The van der Waals surface area contributed by atoms with Crippen LogP contribution >= 0.6 is 0 Å². The summed E-state index contributed by atoms with van der Waals surface area (Å²) < 4.78 is 5.56. The van der Waals surface area contributed by atoms with Crippen LogP contribution in [-0.4, -0.2) is 57.7 Å². The lowest BCUT2D eigenvalue weighted by Gasteiger charge is -2.47. The van der Waals surface area contributed by atoms with Gasteiger partial charge in [0.05, 0.1) is 11.0 Å². The van der Waals surface area contributed by atoms with Crippen LogP contribution in [0, 0.1) is 5.41 Å². The molecule has 0 aliphatic carbocycles. The van der Waals surface area contributed by atoms with Gasteiger partial charge >= 0.3 is 6.09 Å². The van der Waals surface area contributed by atoms with Crippen LogP contribution in [0.4, 0.5) is 10.6 Å². The summed E-state index contributed by atoms with van der Waals surface area (Å²) in [7, 11) is 0. The number of nitrogens with one attached hydrogen (secondary N) is 1. The van der Waals surface area contributed by atoms with Crippen molar-refractivity contribution in [3.63, 3.8) is 0 Å². The first kappa shape index (κ1) is 21.7. The molecule has 2 saturated heterocycles. The number of nitrogens with zero attached hydrogens (tertiary/aromatic N) is 4. The van der Waals surface area contributed by atoms with Crippen molar-refractivity contribution in [2.45, 2.75) is 52.1 Å². The molecule has 0 saturated carbocycles. The van der Waals surface area contributed by atoms with Gasteiger partial charge in [-0.3, -0.25) is 0 Å². The molecule has 0 unspecified atom stereocenters. The van der Waals surface area contributed by atoms with Gasteiger partial charge in [0.1, 0.15) is 17.1 Å². The Morgan fingerprint density at radius 1 is 0.939 bits per heavy atom. The quantitative estimate of drug-likeness (QED) is 0.581. The number of benzene rings is 1. The van der Waals surface area contributed by atoms with Gasteiger partial charge < -0.3 is 19.5 Å². The molecule has 1 amide bonds. The average Bonchev–Trinajstić information content (AvgIpc) is 3.24. The van der Waals surface area contributed by atoms with Gasteiger partial charge in [-0.25, -0.2) is 14.8 Å². The highest BCUT2D eigenvalue weighted by Crippen LogP contribution is 2.42. The van der Waals surface area contributed by atoms with Crippen LogP contribution in [0.1, 0.15) is 46.5 Å². The third-order valence-corrected chi connectivity index (χ3v) is 6.99. The Hall–Kier alpha value is -3.09. The van der Waals surface area contributed by atoms with E-state index in [9.17, 15) is 4.79 Å². The van der Waals surface area contributed by atoms with E-state index < -0.39 is 5.60 Å². The molecule has 4 heterocycles. The lowest BCUT2D eigenvalue weighted by molar-refractivity contribution is 0.00664. The highest BCUT2D eigenvalue weighted by molar-refractivity contribution is 5.78. The van der Waals surface area contributed by atoms with Crippen LogP contribution in [0.3, 0.4) is 0 Å². The fourth-order valence-electron chi connectivity index (χ4n) is 5.01. The van der Waals surface area contributed by atoms with Crippen LogP contribution in [0.2, 0.25) is 0 Å². The van der Waals surface area contributed by atoms with E-state index in [1.165, 1.54) is 0 Å². The normalized spacial score (nSPS) is 18.6. The summed E-state index contributed by atoms with van der Waals surface area (Å²) in [6.07, 6.45) is 4.18. The van der Waals surface area contributed by atoms with Gasteiger partial charge in [0.25, 0.3) is 0 Å². The molecule has 1 N–H and O–H groups in total. The topological polar surface area (TPSA) is 74.3 Å². The fraction of sp³-hybridized carbons (Fsp3) is 0.500. The first-order chi connectivity index (χ1) is 15.8. The summed E-state index contributed by atoms with van der Waals surface area (Å²) in [4.78, 5) is 29.7. The molecule has 1 spiro atoms. The van der Waals surface area contributed by atoms with Crippen molar-refractivity contribution in [2.75, 3.05) is 31.1 Å². The number of imidazole rings is 1. The van der Waals surface area contributed by atoms with Gasteiger partial charge in [0.2, 0.25) is 0 Å². The molecule has 2 fully saturated rings. The molecule has 0 radical (unpaired) electrons. The second-order valence-corrected chi connectivity index (χ2v) is 10.4. The number of piperidine rings is 2. The van der Waals surface area contributed by atoms with Gasteiger partial charge in [-0.05, 0) is 76.1 Å². The summed E-state index contributed by atoms with van der Waals surface area (Å²) in [5.41, 5.74) is 2.73. The van der Waals surface area contributed by atoms with Crippen LogP contribution in [-0.2, 0) is 4.74 Å². The molecule has 7 nitrogen and oxygen atoms in total. The number of pyridine rings is 1. The molecular weight excluding hydrogens is 414 g/mol. The highest BCUT2D eigenvalue weighted by Gasteiger charge is 2.39. The van der Waals surface area contributed by atoms with Gasteiger partial charge in [-0.1, -0.05) is 18.2 Å². The van der Waals surface area contributed by atoms with Crippen molar-refractivity contribution in [2.24, 2.45) is 5.41 Å². The molecule has 2 aliphatic rings. The van der Waals surface area contributed by atoms with Crippen LogP contribution < -0.4 is 4.90 Å². The van der Waals surface area contributed by atoms with Gasteiger partial charge in [0.15, 0.2) is 5.82 Å². The number of carbonyl (C=O) groups excluding carboxylic acids is 1. The molecule has 33 heavy (non-hydrogen) atoms. The van der Waals surface area contributed by atoms with Gasteiger partial charge in [-0.15, -0.1) is 0 Å². The number of para-hydroxylation sites is 2. The molecule has 7 heteroatoms. The Labute approximate surface area is 195 Å². The number of rotatable bonds is 2. The van der Waals surface area contributed by atoms with E-state index in [1.54, 1.807) is 0 Å². The van der Waals surface area contributed by atoms with E-state index >= 15 is 0 Å². The molecule has 0 atom stereocenters. The summed E-state index contributed by atoms with van der Waals surface area (Å²) in [5, 5.41) is 0. The number of amides is 1. The lowest BCUT2D eigenvalue weighted by atomic mass is 9.71.